The molecule has 1 fully saturated rings. The number of anilines is 1. The SMILES string of the molecule is NC(=O)c1cc(NC2CCSC2)ccn1. The van der Waals surface area contributed by atoms with E-state index < -0.39 is 5.91 Å². The van der Waals surface area contributed by atoms with Gasteiger partial charge in [0.1, 0.15) is 5.69 Å². The molecule has 0 bridgehead atoms. The van der Waals surface area contributed by atoms with E-state index >= 15 is 0 Å². The molecule has 1 aliphatic rings. The van der Waals surface area contributed by atoms with E-state index in [1.807, 2.05) is 17.8 Å². The van der Waals surface area contributed by atoms with E-state index in [2.05, 4.69) is 10.3 Å². The van der Waals surface area contributed by atoms with Gasteiger partial charge in [0.25, 0.3) is 5.91 Å². The molecule has 0 aliphatic carbocycles. The number of hydrogen-bond acceptors (Lipinski definition) is 4. The minimum absolute atomic E-state index is 0.311. The molecule has 80 valence electrons. The lowest BCUT2D eigenvalue weighted by molar-refractivity contribution is 0.0995. The predicted octanol–water partition coefficient (Wildman–Crippen LogP) is 1.10. The highest BCUT2D eigenvalue weighted by Crippen LogP contribution is 2.21. The highest BCUT2D eigenvalue weighted by molar-refractivity contribution is 7.99. The van der Waals surface area contributed by atoms with Crippen LogP contribution in [0.2, 0.25) is 0 Å². The highest BCUT2D eigenvalue weighted by Gasteiger charge is 2.15. The molecule has 1 aromatic heterocycles. The summed E-state index contributed by atoms with van der Waals surface area (Å²) in [6.45, 7) is 0. The number of aromatic nitrogens is 1. The fourth-order valence-corrected chi connectivity index (χ4v) is 2.69. The van der Waals surface area contributed by atoms with E-state index in [-0.39, 0.29) is 0 Å². The van der Waals surface area contributed by atoms with Crippen LogP contribution in [0.15, 0.2) is 18.3 Å². The van der Waals surface area contributed by atoms with Crippen molar-refractivity contribution >= 4 is 23.4 Å². The van der Waals surface area contributed by atoms with Gasteiger partial charge < -0.3 is 11.1 Å². The summed E-state index contributed by atoms with van der Waals surface area (Å²) in [7, 11) is 0. The van der Waals surface area contributed by atoms with Gasteiger partial charge >= 0.3 is 0 Å². The van der Waals surface area contributed by atoms with Gasteiger partial charge in [0.2, 0.25) is 0 Å². The quantitative estimate of drug-likeness (QED) is 0.805. The Morgan fingerprint density at radius 3 is 3.20 bits per heavy atom. The van der Waals surface area contributed by atoms with Gasteiger partial charge in [-0.1, -0.05) is 0 Å². The van der Waals surface area contributed by atoms with Gasteiger partial charge in [-0.25, -0.2) is 0 Å². The zero-order chi connectivity index (χ0) is 10.7. The number of pyridine rings is 1. The van der Waals surface area contributed by atoms with Crippen molar-refractivity contribution in [1.82, 2.24) is 4.98 Å². The molecule has 1 aromatic rings. The highest BCUT2D eigenvalue weighted by atomic mass is 32.2. The van der Waals surface area contributed by atoms with Gasteiger partial charge in [-0.3, -0.25) is 9.78 Å². The standard InChI is InChI=1S/C10H13N3OS/c11-10(14)9-5-7(1-3-12-9)13-8-2-4-15-6-8/h1,3,5,8H,2,4,6H2,(H2,11,14)(H,12,13). The number of nitrogens with two attached hydrogens (primary N) is 1. The van der Waals surface area contributed by atoms with Gasteiger partial charge in [0.15, 0.2) is 0 Å². The molecule has 1 atom stereocenters. The summed E-state index contributed by atoms with van der Waals surface area (Å²) in [5.74, 6) is 1.83. The second-order valence-corrected chi connectivity index (χ2v) is 4.65. The lowest BCUT2D eigenvalue weighted by Crippen LogP contribution is -2.19. The number of rotatable bonds is 3. The number of hydrogen-bond donors (Lipinski definition) is 2. The van der Waals surface area contributed by atoms with Gasteiger partial charge in [-0.15, -0.1) is 0 Å². The van der Waals surface area contributed by atoms with Gasteiger partial charge in [0, 0.05) is 23.7 Å². The number of amides is 1. The zero-order valence-electron chi connectivity index (χ0n) is 8.27. The molecule has 5 heteroatoms. The van der Waals surface area contributed by atoms with E-state index in [0.717, 1.165) is 11.4 Å². The van der Waals surface area contributed by atoms with E-state index in [4.69, 9.17) is 5.73 Å². The zero-order valence-corrected chi connectivity index (χ0v) is 9.09. The van der Waals surface area contributed by atoms with Crippen molar-refractivity contribution in [2.24, 2.45) is 5.73 Å². The van der Waals surface area contributed by atoms with Crippen LogP contribution < -0.4 is 11.1 Å². The van der Waals surface area contributed by atoms with Crippen molar-refractivity contribution in [1.29, 1.82) is 0 Å². The minimum Gasteiger partial charge on any atom is -0.381 e. The fourth-order valence-electron chi connectivity index (χ4n) is 1.54. The summed E-state index contributed by atoms with van der Waals surface area (Å²) in [6.07, 6.45) is 2.77. The van der Waals surface area contributed by atoms with Crippen LogP contribution in [-0.4, -0.2) is 28.4 Å². The molecule has 0 aromatic carbocycles. The van der Waals surface area contributed by atoms with Crippen molar-refractivity contribution in [2.75, 3.05) is 16.8 Å². The first-order valence-electron chi connectivity index (χ1n) is 4.86. The molecule has 15 heavy (non-hydrogen) atoms. The average Bonchev–Trinajstić information content (AvgIpc) is 2.71. The molecule has 4 nitrogen and oxygen atoms in total. The lowest BCUT2D eigenvalue weighted by atomic mass is 10.2. The minimum atomic E-state index is -0.487. The largest absolute Gasteiger partial charge is 0.381 e. The second-order valence-electron chi connectivity index (χ2n) is 3.50. The first-order chi connectivity index (χ1) is 7.25. The topological polar surface area (TPSA) is 68.0 Å². The molecule has 3 N–H and O–H groups in total. The number of thioether (sulfide) groups is 1. The Balaban J connectivity index is 2.07. The van der Waals surface area contributed by atoms with Crippen molar-refractivity contribution < 1.29 is 4.79 Å². The number of carbonyl (C=O) groups is 1. The van der Waals surface area contributed by atoms with E-state index in [0.29, 0.717) is 11.7 Å². The first kappa shape index (κ1) is 10.3. The van der Waals surface area contributed by atoms with E-state index in [1.165, 1.54) is 12.2 Å². The molecule has 1 unspecified atom stereocenters. The van der Waals surface area contributed by atoms with Crippen LogP contribution in [0.4, 0.5) is 5.69 Å². The summed E-state index contributed by atoms with van der Waals surface area (Å²) in [5.41, 5.74) is 6.39. The molecule has 2 heterocycles. The third-order valence-electron chi connectivity index (χ3n) is 2.31. The molecule has 1 saturated heterocycles. The van der Waals surface area contributed by atoms with Crippen LogP contribution in [-0.2, 0) is 0 Å². The van der Waals surface area contributed by atoms with Crippen molar-refractivity contribution in [3.8, 4) is 0 Å². The molecular formula is C10H13N3OS. The van der Waals surface area contributed by atoms with Crippen molar-refractivity contribution in [2.45, 2.75) is 12.5 Å². The third kappa shape index (κ3) is 2.62. The summed E-state index contributed by atoms with van der Waals surface area (Å²) in [4.78, 5) is 14.8. The molecule has 1 amide bonds. The smallest absolute Gasteiger partial charge is 0.267 e. The van der Waals surface area contributed by atoms with Crippen LogP contribution in [0.25, 0.3) is 0 Å². The lowest BCUT2D eigenvalue weighted by Gasteiger charge is -2.12. The Morgan fingerprint density at radius 2 is 2.53 bits per heavy atom. The Labute approximate surface area is 92.6 Å². The second kappa shape index (κ2) is 4.53. The fraction of sp³-hybridized carbons (Fsp3) is 0.400. The monoisotopic (exact) mass is 223 g/mol. The summed E-state index contributed by atoms with van der Waals surface area (Å²) >= 11 is 1.94. The Morgan fingerprint density at radius 1 is 1.67 bits per heavy atom. The third-order valence-corrected chi connectivity index (χ3v) is 3.48. The van der Waals surface area contributed by atoms with Crippen molar-refractivity contribution in [3.05, 3.63) is 24.0 Å². The molecule has 2 rings (SSSR count). The maximum Gasteiger partial charge on any atom is 0.267 e. The molecule has 0 radical (unpaired) electrons. The normalized spacial score (nSPS) is 20.1. The summed E-state index contributed by atoms with van der Waals surface area (Å²) in [6, 6.07) is 4.05. The molecule has 0 saturated carbocycles. The van der Waals surface area contributed by atoms with E-state index in [9.17, 15) is 4.79 Å². The molecular weight excluding hydrogens is 210 g/mol. The average molecular weight is 223 g/mol. The number of carbonyl (C=O) groups excluding carboxylic acids is 1. The van der Waals surface area contributed by atoms with Crippen LogP contribution in [0.1, 0.15) is 16.9 Å². The van der Waals surface area contributed by atoms with Crippen LogP contribution >= 0.6 is 11.8 Å². The van der Waals surface area contributed by atoms with Crippen LogP contribution in [0, 0.1) is 0 Å². The van der Waals surface area contributed by atoms with Crippen molar-refractivity contribution in [3.63, 3.8) is 0 Å². The van der Waals surface area contributed by atoms with Gasteiger partial charge in [-0.05, 0) is 24.3 Å². The number of nitrogens with one attached hydrogen (secondary N) is 1. The van der Waals surface area contributed by atoms with E-state index in [1.54, 1.807) is 12.3 Å². The maximum atomic E-state index is 10.9. The van der Waals surface area contributed by atoms with Crippen LogP contribution in [0.3, 0.4) is 0 Å². The Hall–Kier alpha value is -1.23. The predicted molar refractivity (Wildman–Crippen MR) is 62.1 cm³/mol. The summed E-state index contributed by atoms with van der Waals surface area (Å²) in [5, 5.41) is 3.37. The number of primary amides is 1. The number of nitrogens with zero attached hydrogens (tertiary/aromatic N) is 1. The summed E-state index contributed by atoms with van der Waals surface area (Å²) < 4.78 is 0. The molecule has 1 aliphatic heterocycles. The maximum absolute atomic E-state index is 10.9. The molecule has 0 spiro atoms. The first-order valence-corrected chi connectivity index (χ1v) is 6.01. The van der Waals surface area contributed by atoms with Gasteiger partial charge in [0.05, 0.1) is 0 Å². The van der Waals surface area contributed by atoms with Gasteiger partial charge in [-0.2, -0.15) is 11.8 Å². The van der Waals surface area contributed by atoms with Crippen LogP contribution in [0.5, 0.6) is 0 Å². The Kier molecular flexibility index (Phi) is 3.11. The Bertz CT molecular complexity index is 363.